The van der Waals surface area contributed by atoms with E-state index in [1.54, 1.807) is 18.0 Å². The Morgan fingerprint density at radius 3 is 2.71 bits per heavy atom. The van der Waals surface area contributed by atoms with E-state index < -0.39 is 5.97 Å². The van der Waals surface area contributed by atoms with Crippen LogP contribution < -0.4 is 4.87 Å². The molecule has 1 saturated heterocycles. The first-order valence-electron chi connectivity index (χ1n) is 10.5. The summed E-state index contributed by atoms with van der Waals surface area (Å²) in [7, 11) is 0. The first-order chi connectivity index (χ1) is 15.0. The molecule has 4 aliphatic rings. The molecule has 0 unspecified atom stereocenters. The van der Waals surface area contributed by atoms with Gasteiger partial charge in [-0.2, -0.15) is 0 Å². The number of amides is 2. The number of thioether (sulfide) groups is 1. The van der Waals surface area contributed by atoms with Crippen molar-refractivity contribution in [1.82, 2.24) is 9.88 Å². The minimum atomic E-state index is -0.928. The van der Waals surface area contributed by atoms with Crippen LogP contribution in [0.15, 0.2) is 32.6 Å². The smallest absolute Gasteiger partial charge is 0.305 e. The van der Waals surface area contributed by atoms with Crippen LogP contribution in [0.5, 0.6) is 0 Å². The molecule has 2 amide bonds. The zero-order valence-electron chi connectivity index (χ0n) is 16.4. The number of thiazole rings is 1. The molecule has 6 rings (SSSR count). The highest BCUT2D eigenvalue weighted by Crippen LogP contribution is 2.68. The predicted molar refractivity (Wildman–Crippen MR) is 111 cm³/mol. The van der Waals surface area contributed by atoms with Gasteiger partial charge in [-0.3, -0.25) is 24.1 Å². The summed E-state index contributed by atoms with van der Waals surface area (Å²) in [5.74, 6) is -0.965. The molecule has 2 aromatic rings. The van der Waals surface area contributed by atoms with E-state index in [2.05, 4.69) is 4.98 Å². The maximum Gasteiger partial charge on any atom is 0.305 e. The van der Waals surface area contributed by atoms with Crippen LogP contribution in [0.25, 0.3) is 0 Å². The monoisotopic (exact) mass is 460 g/mol. The van der Waals surface area contributed by atoms with Crippen LogP contribution in [0, 0.1) is 29.6 Å². The lowest BCUT2D eigenvalue weighted by atomic mass is 9.69. The van der Waals surface area contributed by atoms with E-state index in [1.165, 1.54) is 16.2 Å². The van der Waals surface area contributed by atoms with Gasteiger partial charge in [0.2, 0.25) is 11.8 Å². The van der Waals surface area contributed by atoms with E-state index in [9.17, 15) is 19.2 Å². The lowest BCUT2D eigenvalue weighted by molar-refractivity contribution is -0.142. The molecule has 2 aliphatic heterocycles. The number of imide groups is 1. The molecule has 2 saturated carbocycles. The van der Waals surface area contributed by atoms with Crippen molar-refractivity contribution in [2.75, 3.05) is 6.54 Å². The number of fused-ring (bicyclic) bond motifs is 9. The van der Waals surface area contributed by atoms with E-state index in [0.29, 0.717) is 0 Å². The number of hydrogen-bond acceptors (Lipinski definition) is 7. The van der Waals surface area contributed by atoms with E-state index in [1.807, 2.05) is 12.1 Å². The molecule has 2 aromatic heterocycles. The fourth-order valence-corrected chi connectivity index (χ4v) is 9.34. The normalized spacial score (nSPS) is 35.4. The van der Waals surface area contributed by atoms with Gasteiger partial charge in [0.25, 0.3) is 0 Å². The Kier molecular flexibility index (Phi) is 4.27. The summed E-state index contributed by atoms with van der Waals surface area (Å²) in [6, 6.07) is 3.76. The highest BCUT2D eigenvalue weighted by molar-refractivity contribution is 8.00. The molecule has 10 heteroatoms. The van der Waals surface area contributed by atoms with Gasteiger partial charge < -0.3 is 14.5 Å². The van der Waals surface area contributed by atoms with Crippen molar-refractivity contribution in [2.24, 2.45) is 29.6 Å². The highest BCUT2D eigenvalue weighted by Gasteiger charge is 2.69. The molecule has 162 valence electrons. The molecular formula is C21H20N2O6S2. The summed E-state index contributed by atoms with van der Waals surface area (Å²) in [6.45, 7) is 0.168. The number of aromatic amines is 1. The number of carboxylic acids is 1. The predicted octanol–water partition coefficient (Wildman–Crippen LogP) is 2.37. The molecule has 31 heavy (non-hydrogen) atoms. The summed E-state index contributed by atoms with van der Waals surface area (Å²) in [5, 5.41) is 9.89. The minimum absolute atomic E-state index is 0.0499. The van der Waals surface area contributed by atoms with E-state index in [4.69, 9.17) is 9.52 Å². The van der Waals surface area contributed by atoms with Gasteiger partial charge in [-0.25, -0.2) is 0 Å². The zero-order valence-corrected chi connectivity index (χ0v) is 18.0. The summed E-state index contributed by atoms with van der Waals surface area (Å²) < 4.78 is 5.77. The van der Waals surface area contributed by atoms with Gasteiger partial charge in [-0.05, 0) is 42.7 Å². The molecule has 4 heterocycles. The number of nitrogens with zero attached hydrogens (tertiary/aromatic N) is 1. The van der Waals surface area contributed by atoms with Crippen LogP contribution in [0.4, 0.5) is 0 Å². The summed E-state index contributed by atoms with van der Waals surface area (Å²) in [4.78, 5) is 54.5. The van der Waals surface area contributed by atoms with Crippen LogP contribution >= 0.6 is 23.1 Å². The minimum Gasteiger partial charge on any atom is -0.481 e. The molecule has 0 aromatic carbocycles. The number of carbonyl (C=O) groups is 3. The third-order valence-corrected chi connectivity index (χ3v) is 10.0. The zero-order chi connectivity index (χ0) is 21.4. The van der Waals surface area contributed by atoms with Crippen molar-refractivity contribution in [3.8, 4) is 0 Å². The van der Waals surface area contributed by atoms with Crippen molar-refractivity contribution in [1.29, 1.82) is 0 Å². The second-order valence-corrected chi connectivity index (χ2v) is 11.0. The Labute approximate surface area is 185 Å². The summed E-state index contributed by atoms with van der Waals surface area (Å²) in [6.07, 6.45) is 2.67. The molecule has 7 atom stereocenters. The van der Waals surface area contributed by atoms with Crippen LogP contribution in [-0.4, -0.2) is 44.6 Å². The number of hydrogen-bond donors (Lipinski definition) is 2. The third-order valence-electron chi connectivity index (χ3n) is 7.44. The van der Waals surface area contributed by atoms with Gasteiger partial charge in [0.1, 0.15) is 5.76 Å². The number of carboxylic acid groups (broad SMARTS) is 1. The fraction of sp³-hybridized carbons (Fsp3) is 0.524. The second kappa shape index (κ2) is 6.83. The van der Waals surface area contributed by atoms with Crippen molar-refractivity contribution < 1.29 is 23.9 Å². The molecular weight excluding hydrogens is 440 g/mol. The lowest BCUT2D eigenvalue weighted by Gasteiger charge is -2.42. The quantitative estimate of drug-likeness (QED) is 0.657. The first kappa shape index (κ1) is 19.4. The SMILES string of the molecule is O=C(O)CCCN1C(=O)[C@@H]2[C@H]3C[C@@H]([C@H]4Sc5[nH]c(=O)sc5[C@H](c5ccco5)[C@H]34)[C@H]2C1=O. The van der Waals surface area contributed by atoms with E-state index >= 15 is 0 Å². The first-order valence-corrected chi connectivity index (χ1v) is 12.2. The Balaban J connectivity index is 1.36. The molecule has 0 radical (unpaired) electrons. The molecule has 3 fully saturated rings. The Hall–Kier alpha value is -2.33. The van der Waals surface area contributed by atoms with Gasteiger partial charge in [0.15, 0.2) is 0 Å². The molecule has 0 spiro atoms. The molecule has 2 N–H and O–H groups in total. The maximum atomic E-state index is 13.3. The number of nitrogens with one attached hydrogen (secondary N) is 1. The van der Waals surface area contributed by atoms with Crippen LogP contribution in [0.2, 0.25) is 0 Å². The summed E-state index contributed by atoms with van der Waals surface area (Å²) in [5.41, 5.74) is 0. The van der Waals surface area contributed by atoms with Crippen LogP contribution in [0.3, 0.4) is 0 Å². The lowest BCUT2D eigenvalue weighted by Crippen LogP contribution is -2.42. The van der Waals surface area contributed by atoms with Crippen molar-refractivity contribution in [3.63, 3.8) is 0 Å². The van der Waals surface area contributed by atoms with Crippen LogP contribution in [-0.2, 0) is 14.4 Å². The standard InChI is InChI=1S/C21H20N2O6S2/c24-11(25)4-1-5-23-19(26)13-8-7-9(14(13)20(23)27)16-12(8)15(10-3-2-6-29-10)17-18(30-16)22-21(28)31-17/h2-3,6,8-9,12-16H,1,4-5,7H2,(H,22,28)(H,24,25)/t8-,9+,12-,13+,14+,15+,16+/m0/s1. The Morgan fingerprint density at radius 1 is 1.23 bits per heavy atom. The molecule has 2 aliphatic carbocycles. The average molecular weight is 461 g/mol. The number of aromatic nitrogens is 1. The Bertz CT molecular complexity index is 1140. The van der Waals surface area contributed by atoms with Crippen LogP contribution in [0.1, 0.15) is 35.8 Å². The van der Waals surface area contributed by atoms with Crippen molar-refractivity contribution in [2.45, 2.75) is 35.5 Å². The molecule has 2 bridgehead atoms. The number of carbonyl (C=O) groups excluding carboxylic acids is 2. The summed E-state index contributed by atoms with van der Waals surface area (Å²) >= 11 is 2.85. The highest BCUT2D eigenvalue weighted by atomic mass is 32.2. The number of H-pyrrole nitrogens is 1. The number of likely N-dealkylation sites (tertiary alicyclic amines) is 1. The topological polar surface area (TPSA) is 121 Å². The number of aliphatic carboxylic acids is 1. The van der Waals surface area contributed by atoms with Gasteiger partial charge in [0, 0.05) is 18.2 Å². The van der Waals surface area contributed by atoms with Gasteiger partial charge in [-0.1, -0.05) is 11.3 Å². The Morgan fingerprint density at radius 2 is 2.00 bits per heavy atom. The van der Waals surface area contributed by atoms with Crippen molar-refractivity contribution >= 4 is 40.9 Å². The number of furan rings is 1. The van der Waals surface area contributed by atoms with Crippen molar-refractivity contribution in [3.05, 3.63) is 38.7 Å². The molecule has 8 nitrogen and oxygen atoms in total. The third kappa shape index (κ3) is 2.67. The maximum absolute atomic E-state index is 13.3. The van der Waals surface area contributed by atoms with E-state index in [0.717, 1.165) is 22.1 Å². The largest absolute Gasteiger partial charge is 0.481 e. The van der Waals surface area contributed by atoms with Gasteiger partial charge in [-0.15, -0.1) is 11.8 Å². The second-order valence-electron chi connectivity index (χ2n) is 8.80. The van der Waals surface area contributed by atoms with Gasteiger partial charge in [0.05, 0.1) is 33.9 Å². The average Bonchev–Trinajstić information content (AvgIpc) is 3.51. The number of rotatable bonds is 5. The van der Waals surface area contributed by atoms with E-state index in [-0.39, 0.29) is 76.8 Å². The van der Waals surface area contributed by atoms with Gasteiger partial charge >= 0.3 is 10.8 Å². The fourth-order valence-electron chi connectivity index (χ4n) is 6.47.